The highest BCUT2D eigenvalue weighted by Crippen LogP contribution is 2.20. The van der Waals surface area contributed by atoms with Crippen LogP contribution in [0.4, 0.5) is 11.5 Å². The lowest BCUT2D eigenvalue weighted by molar-refractivity contribution is 0.102. The maximum atomic E-state index is 12.2. The number of amides is 1. The Hall–Kier alpha value is -1.15. The average molecular weight is 432 g/mol. The van der Waals surface area contributed by atoms with Crippen molar-refractivity contribution in [3.8, 4) is 0 Å². The minimum atomic E-state index is -0.192. The van der Waals surface area contributed by atoms with Gasteiger partial charge in [0, 0.05) is 8.04 Å². The number of halogens is 2. The molecule has 6 heteroatoms. The number of pyridine rings is 1. The quantitative estimate of drug-likeness (QED) is 0.714. The highest BCUT2D eigenvalue weighted by Gasteiger charge is 2.11. The van der Waals surface area contributed by atoms with Gasteiger partial charge < -0.3 is 11.1 Å². The molecule has 98 valence electrons. The Balaban J connectivity index is 2.25. The second-order valence-electron chi connectivity index (χ2n) is 4.00. The number of hydrogen-bond acceptors (Lipinski definition) is 3. The molecule has 0 atom stereocenters. The van der Waals surface area contributed by atoms with Crippen molar-refractivity contribution in [1.29, 1.82) is 0 Å². The Labute approximate surface area is 133 Å². The standard InChI is InChI=1S/C13H11BrIN3O/c1-7-4-12(17-6-11(7)16)18-13(19)9-5-8(14)2-3-10(9)15/h2-6H,16H2,1H3,(H,17,18,19). The Bertz CT molecular complexity index is 646. The van der Waals surface area contributed by atoms with E-state index in [-0.39, 0.29) is 5.91 Å². The lowest BCUT2D eigenvalue weighted by atomic mass is 10.2. The number of rotatable bonds is 2. The summed E-state index contributed by atoms with van der Waals surface area (Å²) in [4.78, 5) is 16.3. The van der Waals surface area contributed by atoms with Gasteiger partial charge in [-0.15, -0.1) is 0 Å². The van der Waals surface area contributed by atoms with Crippen LogP contribution in [0.15, 0.2) is 34.9 Å². The van der Waals surface area contributed by atoms with E-state index in [2.05, 4.69) is 48.8 Å². The molecule has 0 aliphatic heterocycles. The summed E-state index contributed by atoms with van der Waals surface area (Å²) in [6, 6.07) is 7.30. The summed E-state index contributed by atoms with van der Waals surface area (Å²) < 4.78 is 1.74. The number of aryl methyl sites for hydroxylation is 1. The number of nitrogen functional groups attached to an aromatic ring is 1. The number of nitrogens with zero attached hydrogens (tertiary/aromatic N) is 1. The molecule has 4 nitrogen and oxygen atoms in total. The first-order valence-electron chi connectivity index (χ1n) is 5.46. The molecule has 1 aromatic heterocycles. The van der Waals surface area contributed by atoms with Crippen LogP contribution in [0.2, 0.25) is 0 Å². The lowest BCUT2D eigenvalue weighted by Crippen LogP contribution is -2.14. The topological polar surface area (TPSA) is 68.0 Å². The molecule has 0 saturated heterocycles. The Morgan fingerprint density at radius 1 is 1.42 bits per heavy atom. The monoisotopic (exact) mass is 431 g/mol. The molecule has 0 fully saturated rings. The van der Waals surface area contributed by atoms with E-state index in [0.717, 1.165) is 13.6 Å². The van der Waals surface area contributed by atoms with E-state index >= 15 is 0 Å². The minimum absolute atomic E-state index is 0.192. The van der Waals surface area contributed by atoms with Crippen LogP contribution in [0.1, 0.15) is 15.9 Å². The van der Waals surface area contributed by atoms with Crippen LogP contribution in [-0.4, -0.2) is 10.9 Å². The van der Waals surface area contributed by atoms with Gasteiger partial charge in [0.05, 0.1) is 17.4 Å². The first-order chi connectivity index (χ1) is 8.97. The number of carbonyl (C=O) groups excluding carboxylic acids is 1. The van der Waals surface area contributed by atoms with Crippen molar-refractivity contribution < 1.29 is 4.79 Å². The molecule has 2 aromatic rings. The molecule has 2 rings (SSSR count). The molecule has 1 aromatic carbocycles. The third-order valence-corrected chi connectivity index (χ3v) is 4.00. The van der Waals surface area contributed by atoms with Crippen LogP contribution in [0, 0.1) is 10.5 Å². The van der Waals surface area contributed by atoms with Gasteiger partial charge in [0.25, 0.3) is 5.91 Å². The molecule has 1 heterocycles. The first-order valence-corrected chi connectivity index (χ1v) is 7.33. The van der Waals surface area contributed by atoms with Gasteiger partial charge in [-0.2, -0.15) is 0 Å². The van der Waals surface area contributed by atoms with Crippen LogP contribution in [0.3, 0.4) is 0 Å². The Morgan fingerprint density at radius 2 is 2.16 bits per heavy atom. The van der Waals surface area contributed by atoms with Gasteiger partial charge in [0.15, 0.2) is 0 Å². The summed E-state index contributed by atoms with van der Waals surface area (Å²) in [5.41, 5.74) is 7.79. The molecule has 0 aliphatic rings. The van der Waals surface area contributed by atoms with E-state index in [9.17, 15) is 4.79 Å². The predicted octanol–water partition coefficient (Wildman–Crippen LogP) is 3.59. The highest BCUT2D eigenvalue weighted by molar-refractivity contribution is 14.1. The van der Waals surface area contributed by atoms with E-state index in [4.69, 9.17) is 5.73 Å². The molecule has 0 radical (unpaired) electrons. The SMILES string of the molecule is Cc1cc(NC(=O)c2cc(Br)ccc2I)ncc1N. The summed E-state index contributed by atoms with van der Waals surface area (Å²) in [5.74, 6) is 0.301. The van der Waals surface area contributed by atoms with E-state index in [1.165, 1.54) is 6.20 Å². The summed E-state index contributed by atoms with van der Waals surface area (Å²) in [7, 11) is 0. The molecule has 0 spiro atoms. The number of nitrogens with two attached hydrogens (primary N) is 1. The number of hydrogen-bond donors (Lipinski definition) is 2. The fourth-order valence-corrected chi connectivity index (χ4v) is 2.43. The zero-order valence-corrected chi connectivity index (χ0v) is 13.8. The minimum Gasteiger partial charge on any atom is -0.397 e. The van der Waals surface area contributed by atoms with Gasteiger partial charge in [0.2, 0.25) is 0 Å². The zero-order chi connectivity index (χ0) is 14.0. The Kier molecular flexibility index (Phi) is 4.41. The third kappa shape index (κ3) is 3.44. The smallest absolute Gasteiger partial charge is 0.257 e. The van der Waals surface area contributed by atoms with Gasteiger partial charge >= 0.3 is 0 Å². The van der Waals surface area contributed by atoms with Crippen molar-refractivity contribution in [2.75, 3.05) is 11.1 Å². The second kappa shape index (κ2) is 5.87. The molecule has 0 aliphatic carbocycles. The predicted molar refractivity (Wildman–Crippen MR) is 88.2 cm³/mol. The van der Waals surface area contributed by atoms with Gasteiger partial charge in [-0.1, -0.05) is 15.9 Å². The molecule has 0 unspecified atom stereocenters. The van der Waals surface area contributed by atoms with Crippen molar-refractivity contribution in [1.82, 2.24) is 4.98 Å². The number of carbonyl (C=O) groups is 1. The van der Waals surface area contributed by atoms with Crippen molar-refractivity contribution >= 4 is 55.9 Å². The van der Waals surface area contributed by atoms with E-state index < -0.39 is 0 Å². The number of nitrogens with one attached hydrogen (secondary N) is 1. The summed E-state index contributed by atoms with van der Waals surface area (Å²) in [5, 5.41) is 2.76. The number of benzene rings is 1. The van der Waals surface area contributed by atoms with E-state index in [0.29, 0.717) is 17.1 Å². The molecule has 0 bridgehead atoms. The number of anilines is 2. The summed E-state index contributed by atoms with van der Waals surface area (Å²) in [6.45, 7) is 1.87. The van der Waals surface area contributed by atoms with Crippen LogP contribution in [0.5, 0.6) is 0 Å². The largest absolute Gasteiger partial charge is 0.397 e. The van der Waals surface area contributed by atoms with Crippen molar-refractivity contribution in [2.45, 2.75) is 6.92 Å². The van der Waals surface area contributed by atoms with Gasteiger partial charge in [0.1, 0.15) is 5.82 Å². The van der Waals surface area contributed by atoms with Crippen molar-refractivity contribution in [3.05, 3.63) is 49.6 Å². The molecule has 3 N–H and O–H groups in total. The fraction of sp³-hybridized carbons (Fsp3) is 0.0769. The lowest BCUT2D eigenvalue weighted by Gasteiger charge is -2.08. The van der Waals surface area contributed by atoms with Crippen LogP contribution in [-0.2, 0) is 0 Å². The Morgan fingerprint density at radius 3 is 2.84 bits per heavy atom. The van der Waals surface area contributed by atoms with Gasteiger partial charge in [-0.3, -0.25) is 4.79 Å². The molecular weight excluding hydrogens is 421 g/mol. The van der Waals surface area contributed by atoms with Crippen molar-refractivity contribution in [3.63, 3.8) is 0 Å². The zero-order valence-electron chi connectivity index (χ0n) is 10.1. The van der Waals surface area contributed by atoms with Crippen LogP contribution < -0.4 is 11.1 Å². The summed E-state index contributed by atoms with van der Waals surface area (Å²) >= 11 is 5.48. The number of aromatic nitrogens is 1. The second-order valence-corrected chi connectivity index (χ2v) is 6.08. The molecule has 1 amide bonds. The highest BCUT2D eigenvalue weighted by atomic mass is 127. The average Bonchev–Trinajstić information content (AvgIpc) is 2.36. The van der Waals surface area contributed by atoms with Gasteiger partial charge in [-0.25, -0.2) is 4.98 Å². The maximum absolute atomic E-state index is 12.2. The fourth-order valence-electron chi connectivity index (χ4n) is 1.49. The van der Waals surface area contributed by atoms with Crippen LogP contribution in [0.25, 0.3) is 0 Å². The summed E-state index contributed by atoms with van der Waals surface area (Å²) in [6.07, 6.45) is 1.54. The van der Waals surface area contributed by atoms with Crippen LogP contribution >= 0.6 is 38.5 Å². The first kappa shape index (κ1) is 14.3. The van der Waals surface area contributed by atoms with Crippen molar-refractivity contribution in [2.24, 2.45) is 0 Å². The molecular formula is C13H11BrIN3O. The third-order valence-electron chi connectivity index (χ3n) is 2.57. The van der Waals surface area contributed by atoms with Gasteiger partial charge in [-0.05, 0) is 59.3 Å². The van der Waals surface area contributed by atoms with E-state index in [1.54, 1.807) is 12.1 Å². The molecule has 0 saturated carbocycles. The van der Waals surface area contributed by atoms with E-state index in [1.807, 2.05) is 19.1 Å². The maximum Gasteiger partial charge on any atom is 0.257 e. The normalized spacial score (nSPS) is 10.3. The molecule has 19 heavy (non-hydrogen) atoms.